The smallest absolute Gasteiger partial charge is 0.191 e. The average Bonchev–Trinajstić information content (AvgIpc) is 3.45. The summed E-state index contributed by atoms with van der Waals surface area (Å²) in [5, 5.41) is 6.73. The van der Waals surface area contributed by atoms with E-state index in [0.29, 0.717) is 18.9 Å². The summed E-state index contributed by atoms with van der Waals surface area (Å²) in [6.07, 6.45) is 9.63. The Morgan fingerprint density at radius 2 is 2.16 bits per heavy atom. The van der Waals surface area contributed by atoms with E-state index in [1.807, 2.05) is 40.9 Å². The molecule has 2 N–H and O–H groups in total. The molecule has 1 aliphatic rings. The molecule has 31 heavy (non-hydrogen) atoms. The quantitative estimate of drug-likeness (QED) is 0.287. The van der Waals surface area contributed by atoms with Crippen LogP contribution in [0.1, 0.15) is 18.9 Å². The standard InChI is InChI=1S/C21H25FN8.HI/c1-2-24-21(27-13-16-5-6-19(26-12-16)30-11-9-23-15-30)28-17-7-10-29(14-17)20-18(22)4-3-8-25-20;/h3-6,8-9,11-12,15,17H,2,7,10,13-14H2,1H3,(H2,24,27,28);1H. The van der Waals surface area contributed by atoms with Crippen molar-refractivity contribution in [2.24, 2.45) is 4.99 Å². The van der Waals surface area contributed by atoms with Gasteiger partial charge >= 0.3 is 0 Å². The second kappa shape index (κ2) is 11.0. The molecule has 1 atom stereocenters. The molecule has 4 heterocycles. The van der Waals surface area contributed by atoms with Crippen LogP contribution in [0.5, 0.6) is 0 Å². The highest BCUT2D eigenvalue weighted by atomic mass is 127. The van der Waals surface area contributed by atoms with E-state index in [-0.39, 0.29) is 35.8 Å². The summed E-state index contributed by atoms with van der Waals surface area (Å²) in [5.41, 5.74) is 1.01. The van der Waals surface area contributed by atoms with Crippen molar-refractivity contribution in [2.45, 2.75) is 25.9 Å². The van der Waals surface area contributed by atoms with Gasteiger partial charge in [0.25, 0.3) is 0 Å². The number of aromatic nitrogens is 4. The van der Waals surface area contributed by atoms with Gasteiger partial charge in [-0.1, -0.05) is 6.07 Å². The van der Waals surface area contributed by atoms with Crippen molar-refractivity contribution in [3.05, 3.63) is 66.8 Å². The monoisotopic (exact) mass is 536 g/mol. The number of pyridine rings is 2. The Labute approximate surface area is 198 Å². The Morgan fingerprint density at radius 3 is 2.87 bits per heavy atom. The van der Waals surface area contributed by atoms with Crippen LogP contribution in [-0.4, -0.2) is 51.2 Å². The minimum absolute atomic E-state index is 0. The molecule has 1 fully saturated rings. The highest BCUT2D eigenvalue weighted by molar-refractivity contribution is 14.0. The first-order chi connectivity index (χ1) is 14.7. The number of hydrogen-bond donors (Lipinski definition) is 2. The lowest BCUT2D eigenvalue weighted by molar-refractivity contribution is 0.612. The molecule has 0 radical (unpaired) electrons. The number of halogens is 2. The molecule has 1 saturated heterocycles. The second-order valence-corrected chi connectivity index (χ2v) is 7.07. The van der Waals surface area contributed by atoms with Gasteiger partial charge in [-0.25, -0.2) is 24.3 Å². The molecule has 0 saturated carbocycles. The van der Waals surface area contributed by atoms with Gasteiger partial charge in [-0.05, 0) is 37.1 Å². The molecule has 8 nitrogen and oxygen atoms in total. The Hall–Kier alpha value is -2.76. The Bertz CT molecular complexity index is 977. The third-order valence-electron chi connectivity index (χ3n) is 4.91. The van der Waals surface area contributed by atoms with Gasteiger partial charge in [0.1, 0.15) is 12.1 Å². The van der Waals surface area contributed by atoms with E-state index in [1.165, 1.54) is 6.07 Å². The summed E-state index contributed by atoms with van der Waals surface area (Å²) >= 11 is 0. The first-order valence-electron chi connectivity index (χ1n) is 10.1. The average molecular weight is 536 g/mol. The Kier molecular flexibility index (Phi) is 8.15. The van der Waals surface area contributed by atoms with Crippen LogP contribution in [0.15, 0.2) is 60.4 Å². The summed E-state index contributed by atoms with van der Waals surface area (Å²) in [6.45, 7) is 4.74. The number of hydrogen-bond acceptors (Lipinski definition) is 5. The Balaban J connectivity index is 0.00000272. The molecule has 3 aromatic heterocycles. The van der Waals surface area contributed by atoms with E-state index in [9.17, 15) is 4.39 Å². The maximum atomic E-state index is 14.0. The fourth-order valence-electron chi connectivity index (χ4n) is 3.42. The minimum atomic E-state index is -0.287. The van der Waals surface area contributed by atoms with E-state index in [2.05, 4.69) is 30.6 Å². The van der Waals surface area contributed by atoms with Crippen molar-refractivity contribution < 1.29 is 4.39 Å². The van der Waals surface area contributed by atoms with Crippen LogP contribution in [0, 0.1) is 5.82 Å². The third-order valence-corrected chi connectivity index (χ3v) is 4.91. The van der Waals surface area contributed by atoms with Gasteiger partial charge in [0.2, 0.25) is 0 Å². The number of guanidine groups is 1. The summed E-state index contributed by atoms with van der Waals surface area (Å²) in [7, 11) is 0. The molecule has 4 rings (SSSR count). The first-order valence-corrected chi connectivity index (χ1v) is 10.1. The lowest BCUT2D eigenvalue weighted by atomic mass is 10.2. The number of nitrogens with one attached hydrogen (secondary N) is 2. The summed E-state index contributed by atoms with van der Waals surface area (Å²) in [5.74, 6) is 1.68. The van der Waals surface area contributed by atoms with Gasteiger partial charge in [-0.2, -0.15) is 0 Å². The molecule has 10 heteroatoms. The van der Waals surface area contributed by atoms with Crippen LogP contribution in [-0.2, 0) is 6.54 Å². The number of anilines is 1. The molecule has 164 valence electrons. The molecule has 3 aromatic rings. The van der Waals surface area contributed by atoms with Crippen molar-refractivity contribution >= 4 is 35.8 Å². The van der Waals surface area contributed by atoms with Crippen molar-refractivity contribution in [3.8, 4) is 5.82 Å². The van der Waals surface area contributed by atoms with Crippen molar-refractivity contribution in [2.75, 3.05) is 24.5 Å². The fourth-order valence-corrected chi connectivity index (χ4v) is 3.42. The third kappa shape index (κ3) is 5.90. The number of aliphatic imine (C=N–C) groups is 1. The molecular weight excluding hydrogens is 510 g/mol. The molecule has 1 aliphatic heterocycles. The predicted molar refractivity (Wildman–Crippen MR) is 130 cm³/mol. The Morgan fingerprint density at radius 1 is 1.26 bits per heavy atom. The van der Waals surface area contributed by atoms with Crippen LogP contribution >= 0.6 is 24.0 Å². The summed E-state index contributed by atoms with van der Waals surface area (Å²) in [6, 6.07) is 7.18. The van der Waals surface area contributed by atoms with Gasteiger partial charge in [-0.15, -0.1) is 24.0 Å². The maximum absolute atomic E-state index is 14.0. The molecule has 0 aliphatic carbocycles. The second-order valence-electron chi connectivity index (χ2n) is 7.07. The molecular formula is C21H26FIN8. The molecule has 0 bridgehead atoms. The van der Waals surface area contributed by atoms with Crippen molar-refractivity contribution in [3.63, 3.8) is 0 Å². The van der Waals surface area contributed by atoms with Gasteiger partial charge in [0.05, 0.1) is 6.54 Å². The zero-order chi connectivity index (χ0) is 20.8. The molecule has 0 spiro atoms. The topological polar surface area (TPSA) is 83.3 Å². The van der Waals surface area contributed by atoms with E-state index in [1.54, 1.807) is 24.8 Å². The van der Waals surface area contributed by atoms with Crippen LogP contribution in [0.25, 0.3) is 5.82 Å². The zero-order valence-electron chi connectivity index (χ0n) is 17.3. The molecule has 0 aromatic carbocycles. The van der Waals surface area contributed by atoms with Crippen LogP contribution in [0.2, 0.25) is 0 Å². The summed E-state index contributed by atoms with van der Waals surface area (Å²) < 4.78 is 15.9. The van der Waals surface area contributed by atoms with E-state index in [0.717, 1.165) is 36.9 Å². The number of imidazole rings is 1. The largest absolute Gasteiger partial charge is 0.357 e. The molecule has 0 amide bonds. The summed E-state index contributed by atoms with van der Waals surface area (Å²) in [4.78, 5) is 19.3. The maximum Gasteiger partial charge on any atom is 0.191 e. The lowest BCUT2D eigenvalue weighted by Crippen LogP contribution is -2.44. The van der Waals surface area contributed by atoms with Gasteiger partial charge < -0.3 is 15.5 Å². The fraction of sp³-hybridized carbons (Fsp3) is 0.333. The van der Waals surface area contributed by atoms with E-state index < -0.39 is 0 Å². The lowest BCUT2D eigenvalue weighted by Gasteiger charge is -2.20. The first kappa shape index (κ1) is 22.9. The van der Waals surface area contributed by atoms with Gasteiger partial charge in [0.15, 0.2) is 17.6 Å². The van der Waals surface area contributed by atoms with Crippen molar-refractivity contribution in [1.82, 2.24) is 30.2 Å². The normalized spacial score (nSPS) is 16.1. The highest BCUT2D eigenvalue weighted by Gasteiger charge is 2.25. The highest BCUT2D eigenvalue weighted by Crippen LogP contribution is 2.20. The minimum Gasteiger partial charge on any atom is -0.357 e. The number of nitrogens with zero attached hydrogens (tertiary/aromatic N) is 6. The molecule has 1 unspecified atom stereocenters. The van der Waals surface area contributed by atoms with Crippen LogP contribution < -0.4 is 15.5 Å². The SMILES string of the molecule is CCNC(=NCc1ccc(-n2ccnc2)nc1)NC1CCN(c2ncccc2F)C1.I. The predicted octanol–water partition coefficient (Wildman–Crippen LogP) is 2.75. The van der Waals surface area contributed by atoms with E-state index in [4.69, 9.17) is 0 Å². The van der Waals surface area contributed by atoms with Crippen LogP contribution in [0.4, 0.5) is 10.2 Å². The number of rotatable bonds is 6. The van der Waals surface area contributed by atoms with Crippen molar-refractivity contribution in [1.29, 1.82) is 0 Å². The zero-order valence-corrected chi connectivity index (χ0v) is 19.6. The van der Waals surface area contributed by atoms with Crippen LogP contribution in [0.3, 0.4) is 0 Å². The van der Waals surface area contributed by atoms with Gasteiger partial charge in [0, 0.05) is 50.5 Å². The van der Waals surface area contributed by atoms with Gasteiger partial charge in [-0.3, -0.25) is 4.57 Å². The van der Waals surface area contributed by atoms with E-state index >= 15 is 0 Å².